The second kappa shape index (κ2) is 17.0. The highest BCUT2D eigenvalue weighted by Crippen LogP contribution is 2.33. The molecule has 4 rings (SSSR count). The predicted molar refractivity (Wildman–Crippen MR) is 184 cm³/mol. The van der Waals surface area contributed by atoms with Gasteiger partial charge in [0.2, 0.25) is 11.8 Å². The Kier molecular flexibility index (Phi) is 12.8. The Morgan fingerprint density at radius 1 is 0.875 bits per heavy atom. The number of methoxy groups -OCH3 is 2. The van der Waals surface area contributed by atoms with Crippen molar-refractivity contribution in [2.75, 3.05) is 31.6 Å². The Hall–Kier alpha value is -4.61. The molecule has 9 nitrogen and oxygen atoms in total. The predicted octanol–water partition coefficient (Wildman–Crippen LogP) is 6.25. The molecular formula is C36H39ClFN3O6S. The van der Waals surface area contributed by atoms with E-state index in [9.17, 15) is 22.4 Å². The van der Waals surface area contributed by atoms with Gasteiger partial charge in [0.1, 0.15) is 18.4 Å². The van der Waals surface area contributed by atoms with Gasteiger partial charge in [-0.2, -0.15) is 0 Å². The van der Waals surface area contributed by atoms with E-state index in [1.165, 1.54) is 85.8 Å². The van der Waals surface area contributed by atoms with Gasteiger partial charge in [0.05, 0.1) is 24.8 Å². The topological polar surface area (TPSA) is 105 Å². The maximum absolute atomic E-state index is 14.5. The normalized spacial score (nSPS) is 11.8. The van der Waals surface area contributed by atoms with E-state index in [0.717, 1.165) is 22.7 Å². The number of carbonyl (C=O) groups is 2. The number of halogens is 2. The summed E-state index contributed by atoms with van der Waals surface area (Å²) in [4.78, 5) is 29.6. The third-order valence-electron chi connectivity index (χ3n) is 7.70. The number of sulfonamides is 1. The van der Waals surface area contributed by atoms with E-state index in [-0.39, 0.29) is 35.2 Å². The van der Waals surface area contributed by atoms with E-state index in [2.05, 4.69) is 5.32 Å². The zero-order chi connectivity index (χ0) is 34.7. The van der Waals surface area contributed by atoms with Crippen LogP contribution >= 0.6 is 11.6 Å². The number of ether oxygens (including phenoxy) is 2. The quantitative estimate of drug-likeness (QED) is 0.139. The average molecular weight is 696 g/mol. The first-order valence-electron chi connectivity index (χ1n) is 15.4. The van der Waals surface area contributed by atoms with E-state index < -0.39 is 34.3 Å². The Balaban J connectivity index is 1.80. The highest BCUT2D eigenvalue weighted by molar-refractivity contribution is 7.92. The molecule has 0 heterocycles. The van der Waals surface area contributed by atoms with E-state index >= 15 is 0 Å². The molecule has 0 spiro atoms. The number of hydrogen-bond donors (Lipinski definition) is 1. The smallest absolute Gasteiger partial charge is 0.264 e. The van der Waals surface area contributed by atoms with Gasteiger partial charge in [0.25, 0.3) is 10.0 Å². The van der Waals surface area contributed by atoms with Gasteiger partial charge in [-0.15, -0.1) is 0 Å². The van der Waals surface area contributed by atoms with E-state index in [0.29, 0.717) is 22.9 Å². The zero-order valence-corrected chi connectivity index (χ0v) is 28.6. The summed E-state index contributed by atoms with van der Waals surface area (Å²) < 4.78 is 54.1. The van der Waals surface area contributed by atoms with Crippen molar-refractivity contribution >= 4 is 39.1 Å². The summed E-state index contributed by atoms with van der Waals surface area (Å²) in [6.45, 7) is 1.67. The monoisotopic (exact) mass is 695 g/mol. The van der Waals surface area contributed by atoms with Crippen LogP contribution in [0.4, 0.5) is 10.1 Å². The molecule has 48 heavy (non-hydrogen) atoms. The standard InChI is InChI=1S/C36H39ClFN3O6S/c1-4-5-21-39-36(43)32(22-26-9-7-6-8-10-26)40(24-27-11-15-29(38)16-12-27)35(42)25-41(30-17-13-28(37)14-18-30)48(44,45)31-19-20-33(46-2)34(23-31)47-3/h6-20,23,32H,4-5,21-22,24-25H2,1-3H3,(H,39,43)/t32-/m1/s1. The molecule has 0 aliphatic heterocycles. The van der Waals surface area contributed by atoms with Crippen LogP contribution in [0.3, 0.4) is 0 Å². The maximum atomic E-state index is 14.5. The molecule has 12 heteroatoms. The van der Waals surface area contributed by atoms with Crippen molar-refractivity contribution in [2.24, 2.45) is 0 Å². The third kappa shape index (κ3) is 9.26. The van der Waals surface area contributed by atoms with Gasteiger partial charge < -0.3 is 19.7 Å². The first-order chi connectivity index (χ1) is 23.1. The molecule has 0 aromatic heterocycles. The summed E-state index contributed by atoms with van der Waals surface area (Å²) >= 11 is 6.14. The van der Waals surface area contributed by atoms with Gasteiger partial charge in [-0.25, -0.2) is 12.8 Å². The second-order valence-electron chi connectivity index (χ2n) is 11.0. The molecule has 0 aliphatic rings. The van der Waals surface area contributed by atoms with Crippen LogP contribution in [0, 0.1) is 5.82 Å². The molecule has 4 aromatic rings. The number of nitrogens with one attached hydrogen (secondary N) is 1. The Morgan fingerprint density at radius 2 is 1.54 bits per heavy atom. The van der Waals surface area contributed by atoms with Gasteiger partial charge in [0, 0.05) is 30.6 Å². The zero-order valence-electron chi connectivity index (χ0n) is 27.1. The lowest BCUT2D eigenvalue weighted by Crippen LogP contribution is -2.53. The molecule has 0 aliphatic carbocycles. The van der Waals surface area contributed by atoms with Crippen molar-refractivity contribution in [1.29, 1.82) is 0 Å². The number of anilines is 1. The molecule has 1 N–H and O–H groups in total. The Bertz CT molecular complexity index is 1770. The second-order valence-corrected chi connectivity index (χ2v) is 13.3. The fourth-order valence-corrected chi connectivity index (χ4v) is 6.64. The van der Waals surface area contributed by atoms with Crippen molar-refractivity contribution < 1.29 is 31.9 Å². The fraction of sp³-hybridized carbons (Fsp3) is 0.278. The number of amides is 2. The van der Waals surface area contributed by atoms with Crippen molar-refractivity contribution in [2.45, 2.75) is 43.7 Å². The number of carbonyl (C=O) groups excluding carboxylic acids is 2. The fourth-order valence-electron chi connectivity index (χ4n) is 5.09. The highest BCUT2D eigenvalue weighted by atomic mass is 35.5. The molecule has 0 unspecified atom stereocenters. The number of hydrogen-bond acceptors (Lipinski definition) is 6. The van der Waals surface area contributed by atoms with Crippen molar-refractivity contribution in [3.63, 3.8) is 0 Å². The summed E-state index contributed by atoms with van der Waals surface area (Å²) in [6, 6.07) is 24.0. The van der Waals surface area contributed by atoms with Crippen LogP contribution in [0.2, 0.25) is 5.02 Å². The number of unbranched alkanes of at least 4 members (excludes halogenated alkanes) is 1. The van der Waals surface area contributed by atoms with Gasteiger partial charge in [0.15, 0.2) is 11.5 Å². The summed E-state index contributed by atoms with van der Waals surface area (Å²) in [6.07, 6.45) is 1.75. The van der Waals surface area contributed by atoms with Crippen LogP contribution in [-0.2, 0) is 32.6 Å². The van der Waals surface area contributed by atoms with E-state index in [1.807, 2.05) is 37.3 Å². The molecule has 254 valence electrons. The van der Waals surface area contributed by atoms with Crippen LogP contribution < -0.4 is 19.1 Å². The van der Waals surface area contributed by atoms with Crippen LogP contribution in [0.15, 0.2) is 102 Å². The van der Waals surface area contributed by atoms with Crippen molar-refractivity contribution in [3.05, 3.63) is 119 Å². The van der Waals surface area contributed by atoms with E-state index in [4.69, 9.17) is 21.1 Å². The van der Waals surface area contributed by atoms with Gasteiger partial charge >= 0.3 is 0 Å². The van der Waals surface area contributed by atoms with Gasteiger partial charge in [-0.3, -0.25) is 13.9 Å². The molecule has 0 saturated carbocycles. The van der Waals surface area contributed by atoms with E-state index in [1.54, 1.807) is 0 Å². The highest BCUT2D eigenvalue weighted by Gasteiger charge is 2.35. The third-order valence-corrected chi connectivity index (χ3v) is 9.73. The number of benzene rings is 4. The summed E-state index contributed by atoms with van der Waals surface area (Å²) in [7, 11) is -1.57. The van der Waals surface area contributed by atoms with Gasteiger partial charge in [-0.1, -0.05) is 67.4 Å². The summed E-state index contributed by atoms with van der Waals surface area (Å²) in [5.74, 6) is -0.974. The first-order valence-corrected chi connectivity index (χ1v) is 17.2. The van der Waals surface area contributed by atoms with Crippen molar-refractivity contribution in [3.8, 4) is 11.5 Å². The minimum Gasteiger partial charge on any atom is -0.493 e. The minimum absolute atomic E-state index is 0.0807. The molecule has 1 atom stereocenters. The van der Waals surface area contributed by atoms with Crippen molar-refractivity contribution in [1.82, 2.24) is 10.2 Å². The van der Waals surface area contributed by atoms with Gasteiger partial charge in [-0.05, 0) is 66.1 Å². The molecule has 4 aromatic carbocycles. The largest absolute Gasteiger partial charge is 0.493 e. The SMILES string of the molecule is CCCCNC(=O)[C@@H](Cc1ccccc1)N(Cc1ccc(F)cc1)C(=O)CN(c1ccc(Cl)cc1)S(=O)(=O)c1ccc(OC)c(OC)c1. The van der Waals surface area contributed by atoms with Crippen LogP contribution in [0.25, 0.3) is 0 Å². The average Bonchev–Trinajstić information content (AvgIpc) is 3.10. The molecule has 0 fully saturated rings. The first kappa shape index (κ1) is 36.2. The minimum atomic E-state index is -4.40. The Labute approximate surface area is 286 Å². The molecule has 0 saturated heterocycles. The Morgan fingerprint density at radius 3 is 2.17 bits per heavy atom. The van der Waals surface area contributed by atoms with Crippen LogP contribution in [-0.4, -0.2) is 58.5 Å². The lowest BCUT2D eigenvalue weighted by atomic mass is 10.0. The van der Waals surface area contributed by atoms with Crippen LogP contribution in [0.5, 0.6) is 11.5 Å². The van der Waals surface area contributed by atoms with Crippen LogP contribution in [0.1, 0.15) is 30.9 Å². The lowest BCUT2D eigenvalue weighted by molar-refractivity contribution is -0.140. The number of nitrogens with zero attached hydrogens (tertiary/aromatic N) is 2. The molecule has 0 bridgehead atoms. The summed E-state index contributed by atoms with van der Waals surface area (Å²) in [5.41, 5.74) is 1.54. The maximum Gasteiger partial charge on any atom is 0.264 e. The molecule has 2 amide bonds. The number of rotatable bonds is 16. The lowest BCUT2D eigenvalue weighted by Gasteiger charge is -2.34. The molecule has 0 radical (unpaired) electrons. The summed E-state index contributed by atoms with van der Waals surface area (Å²) in [5, 5.41) is 3.31. The molecular weight excluding hydrogens is 657 g/mol.